The summed E-state index contributed by atoms with van der Waals surface area (Å²) in [6.07, 6.45) is 0. The maximum Gasteiger partial charge on any atom is 0.317 e. The first-order chi connectivity index (χ1) is 10.8. The number of likely N-dealkylation sites (N-methyl/N-ethyl adjacent to an activating group) is 1. The first-order valence-electron chi connectivity index (χ1n) is 8.13. The lowest BCUT2D eigenvalue weighted by atomic mass is 10.0. The summed E-state index contributed by atoms with van der Waals surface area (Å²) in [6.45, 7) is 10.7. The summed E-state index contributed by atoms with van der Waals surface area (Å²) in [6, 6.07) is 1.98. The summed E-state index contributed by atoms with van der Waals surface area (Å²) in [5, 5.41) is 6.95. The lowest BCUT2D eigenvalue weighted by Crippen LogP contribution is -2.55. The van der Waals surface area contributed by atoms with Crippen LogP contribution in [0.25, 0.3) is 0 Å². The van der Waals surface area contributed by atoms with Crippen LogP contribution in [0, 0.1) is 6.92 Å². The molecule has 1 saturated heterocycles. The zero-order valence-corrected chi connectivity index (χ0v) is 14.9. The van der Waals surface area contributed by atoms with Gasteiger partial charge in [-0.2, -0.15) is 0 Å². The van der Waals surface area contributed by atoms with Gasteiger partial charge in [0.05, 0.1) is 12.2 Å². The Labute approximate surface area is 138 Å². The number of aryl methyl sites for hydroxylation is 1. The zero-order valence-electron chi connectivity index (χ0n) is 14.9. The number of hydrogen-bond donors (Lipinski definition) is 1. The van der Waals surface area contributed by atoms with Crippen LogP contribution in [0.1, 0.15) is 25.3 Å². The summed E-state index contributed by atoms with van der Waals surface area (Å²) in [5.41, 5.74) is 0.850. The van der Waals surface area contributed by atoms with Crippen LogP contribution in [0.2, 0.25) is 0 Å². The smallest absolute Gasteiger partial charge is 0.317 e. The molecule has 0 unspecified atom stereocenters. The Morgan fingerprint density at radius 3 is 2.52 bits per heavy atom. The average molecular weight is 323 g/mol. The fourth-order valence-electron chi connectivity index (χ4n) is 2.38. The molecule has 2 heterocycles. The van der Waals surface area contributed by atoms with Crippen molar-refractivity contribution >= 4 is 6.03 Å². The zero-order chi connectivity index (χ0) is 17.0. The van der Waals surface area contributed by atoms with Crippen molar-refractivity contribution in [2.45, 2.75) is 32.9 Å². The van der Waals surface area contributed by atoms with E-state index in [4.69, 9.17) is 4.52 Å². The number of carbonyl (C=O) groups is 1. The van der Waals surface area contributed by atoms with Crippen molar-refractivity contribution in [2.75, 3.05) is 46.8 Å². The van der Waals surface area contributed by atoms with Gasteiger partial charge in [0.25, 0.3) is 0 Å². The van der Waals surface area contributed by atoms with E-state index in [9.17, 15) is 4.79 Å². The van der Waals surface area contributed by atoms with Gasteiger partial charge in [-0.1, -0.05) is 5.16 Å². The molecule has 0 radical (unpaired) electrons. The van der Waals surface area contributed by atoms with E-state index < -0.39 is 0 Å². The quantitative estimate of drug-likeness (QED) is 0.881. The van der Waals surface area contributed by atoms with Crippen molar-refractivity contribution in [1.82, 2.24) is 25.2 Å². The SMILES string of the molecule is Cc1cc(CN2CCN(C(=O)NCC(C)(C)N(C)C)CC2)on1. The normalized spacial score (nSPS) is 16.9. The van der Waals surface area contributed by atoms with Crippen molar-refractivity contribution in [1.29, 1.82) is 0 Å². The molecule has 1 N–H and O–H groups in total. The number of rotatable bonds is 5. The molecule has 0 atom stereocenters. The number of nitrogens with one attached hydrogen (secondary N) is 1. The molecule has 0 saturated carbocycles. The van der Waals surface area contributed by atoms with Crippen LogP contribution >= 0.6 is 0 Å². The molecule has 0 aromatic carbocycles. The highest BCUT2D eigenvalue weighted by Gasteiger charge is 2.25. The van der Waals surface area contributed by atoms with Crippen molar-refractivity contribution in [2.24, 2.45) is 0 Å². The molecule has 2 rings (SSSR count). The minimum atomic E-state index is -0.0539. The van der Waals surface area contributed by atoms with Crippen molar-refractivity contribution in [3.63, 3.8) is 0 Å². The van der Waals surface area contributed by atoms with Crippen LogP contribution in [0.3, 0.4) is 0 Å². The van der Waals surface area contributed by atoms with E-state index in [0.717, 1.165) is 44.2 Å². The summed E-state index contributed by atoms with van der Waals surface area (Å²) in [5.74, 6) is 0.883. The molecule has 0 aliphatic carbocycles. The second kappa shape index (κ2) is 7.31. The predicted octanol–water partition coefficient (Wildman–Crippen LogP) is 1.15. The van der Waals surface area contributed by atoms with Gasteiger partial charge < -0.3 is 19.6 Å². The summed E-state index contributed by atoms with van der Waals surface area (Å²) in [4.78, 5) is 18.6. The third-order valence-corrected chi connectivity index (χ3v) is 4.60. The summed E-state index contributed by atoms with van der Waals surface area (Å²) >= 11 is 0. The van der Waals surface area contributed by atoms with Crippen LogP contribution in [0.5, 0.6) is 0 Å². The molecule has 1 aromatic rings. The van der Waals surface area contributed by atoms with Crippen molar-refractivity contribution < 1.29 is 9.32 Å². The Morgan fingerprint density at radius 1 is 1.35 bits per heavy atom. The van der Waals surface area contributed by atoms with Gasteiger partial charge in [-0.3, -0.25) is 4.90 Å². The first kappa shape index (κ1) is 17.7. The predicted molar refractivity (Wildman–Crippen MR) is 89.3 cm³/mol. The molecule has 130 valence electrons. The third kappa shape index (κ3) is 4.94. The Kier molecular flexibility index (Phi) is 5.64. The lowest BCUT2D eigenvalue weighted by Gasteiger charge is -2.36. The molecule has 7 nitrogen and oxygen atoms in total. The van der Waals surface area contributed by atoms with Crippen molar-refractivity contribution in [3.05, 3.63) is 17.5 Å². The van der Waals surface area contributed by atoms with Crippen LogP contribution in [0.15, 0.2) is 10.6 Å². The van der Waals surface area contributed by atoms with Crippen LogP contribution in [-0.4, -0.2) is 78.2 Å². The molecule has 23 heavy (non-hydrogen) atoms. The molecule has 2 amide bonds. The van der Waals surface area contributed by atoms with E-state index in [1.54, 1.807) is 0 Å². The van der Waals surface area contributed by atoms with Gasteiger partial charge in [0.15, 0.2) is 5.76 Å². The highest BCUT2D eigenvalue weighted by molar-refractivity contribution is 5.74. The maximum absolute atomic E-state index is 12.3. The van der Waals surface area contributed by atoms with Gasteiger partial charge in [0, 0.05) is 44.3 Å². The third-order valence-electron chi connectivity index (χ3n) is 4.60. The number of piperazine rings is 1. The van der Waals surface area contributed by atoms with Crippen LogP contribution in [-0.2, 0) is 6.54 Å². The van der Waals surface area contributed by atoms with Gasteiger partial charge in [-0.05, 0) is 34.9 Å². The minimum absolute atomic E-state index is 0.0232. The topological polar surface area (TPSA) is 64.8 Å². The summed E-state index contributed by atoms with van der Waals surface area (Å²) in [7, 11) is 4.05. The molecular weight excluding hydrogens is 294 g/mol. The number of amides is 2. The Balaban J connectivity index is 1.74. The molecule has 0 bridgehead atoms. The second-order valence-corrected chi connectivity index (χ2v) is 7.06. The number of carbonyl (C=O) groups excluding carboxylic acids is 1. The van der Waals surface area contributed by atoms with E-state index in [1.165, 1.54) is 0 Å². The van der Waals surface area contributed by atoms with Gasteiger partial charge >= 0.3 is 6.03 Å². The summed E-state index contributed by atoms with van der Waals surface area (Å²) < 4.78 is 5.25. The first-order valence-corrected chi connectivity index (χ1v) is 8.13. The Hall–Kier alpha value is -1.60. The molecule has 1 aliphatic heterocycles. The van der Waals surface area contributed by atoms with Crippen molar-refractivity contribution in [3.8, 4) is 0 Å². The highest BCUT2D eigenvalue weighted by atomic mass is 16.5. The minimum Gasteiger partial charge on any atom is -0.360 e. The van der Waals surface area contributed by atoms with E-state index in [1.807, 2.05) is 32.0 Å². The van der Waals surface area contributed by atoms with E-state index in [2.05, 4.69) is 34.1 Å². The van der Waals surface area contributed by atoms with Gasteiger partial charge in [0.2, 0.25) is 0 Å². The van der Waals surface area contributed by atoms with Gasteiger partial charge in [-0.15, -0.1) is 0 Å². The fourth-order valence-corrected chi connectivity index (χ4v) is 2.38. The van der Waals surface area contributed by atoms with Crippen LogP contribution in [0.4, 0.5) is 4.79 Å². The van der Waals surface area contributed by atoms with E-state index in [-0.39, 0.29) is 11.6 Å². The highest BCUT2D eigenvalue weighted by Crippen LogP contribution is 2.11. The number of aromatic nitrogens is 1. The maximum atomic E-state index is 12.3. The molecule has 1 fully saturated rings. The standard InChI is InChI=1S/C16H29N5O2/c1-13-10-14(23-18-13)11-20-6-8-21(9-7-20)15(22)17-12-16(2,3)19(4)5/h10H,6-9,11-12H2,1-5H3,(H,17,22). The van der Waals surface area contributed by atoms with Crippen LogP contribution < -0.4 is 5.32 Å². The molecule has 1 aliphatic rings. The van der Waals surface area contributed by atoms with Gasteiger partial charge in [0.1, 0.15) is 0 Å². The fraction of sp³-hybridized carbons (Fsp3) is 0.750. The number of nitrogens with zero attached hydrogens (tertiary/aromatic N) is 4. The molecule has 0 spiro atoms. The Bertz CT molecular complexity index is 518. The largest absolute Gasteiger partial charge is 0.360 e. The van der Waals surface area contributed by atoms with E-state index >= 15 is 0 Å². The van der Waals surface area contributed by atoms with Gasteiger partial charge in [-0.25, -0.2) is 4.79 Å². The monoisotopic (exact) mass is 323 g/mol. The number of urea groups is 1. The molecule has 7 heteroatoms. The number of hydrogen-bond acceptors (Lipinski definition) is 5. The lowest BCUT2D eigenvalue weighted by molar-refractivity contribution is 0.123. The molecule has 1 aromatic heterocycles. The average Bonchev–Trinajstić information content (AvgIpc) is 2.90. The second-order valence-electron chi connectivity index (χ2n) is 7.06. The molecular formula is C16H29N5O2. The Morgan fingerprint density at radius 2 is 2.00 bits per heavy atom. The van der Waals surface area contributed by atoms with E-state index in [0.29, 0.717) is 6.54 Å².